The first-order valence-corrected chi connectivity index (χ1v) is 7.40. The molecule has 2 aromatic heterocycles. The molecule has 1 saturated heterocycles. The SMILES string of the molecule is Cc1cc(C(=O)NCC2CNC2)c2cnn(C(C)C)c2n1.Cl.Cl. The molecular formula is C15H23Cl2N5O. The molecule has 1 fully saturated rings. The molecule has 0 saturated carbocycles. The standard InChI is InChI=1S/C15H21N5O.2ClH/c1-9(2)20-14-13(8-18-20)12(4-10(3)19-14)15(21)17-7-11-5-16-6-11;;/h4,8-9,11,16H,5-7H2,1-3H3,(H,17,21);2*1H. The molecule has 128 valence electrons. The first-order chi connectivity index (χ1) is 10.1. The molecule has 3 rings (SSSR count). The Bertz CT molecular complexity index is 682. The van der Waals surface area contributed by atoms with Crippen LogP contribution in [0.2, 0.25) is 0 Å². The Morgan fingerprint density at radius 1 is 1.43 bits per heavy atom. The lowest BCUT2D eigenvalue weighted by molar-refractivity contribution is 0.0943. The van der Waals surface area contributed by atoms with Crippen molar-refractivity contribution in [1.29, 1.82) is 0 Å². The van der Waals surface area contributed by atoms with Crippen LogP contribution in [-0.2, 0) is 0 Å². The van der Waals surface area contributed by atoms with Crippen LogP contribution in [0.3, 0.4) is 0 Å². The fraction of sp³-hybridized carbons (Fsp3) is 0.533. The summed E-state index contributed by atoms with van der Waals surface area (Å²) in [5, 5.41) is 11.4. The number of carbonyl (C=O) groups excluding carboxylic acids is 1. The van der Waals surface area contributed by atoms with Gasteiger partial charge in [-0.1, -0.05) is 0 Å². The number of aryl methyl sites for hydroxylation is 1. The van der Waals surface area contributed by atoms with E-state index in [1.54, 1.807) is 6.20 Å². The zero-order chi connectivity index (χ0) is 15.0. The van der Waals surface area contributed by atoms with Gasteiger partial charge in [-0.15, -0.1) is 24.8 Å². The lowest BCUT2D eigenvalue weighted by Gasteiger charge is -2.27. The topological polar surface area (TPSA) is 71.8 Å². The Balaban J connectivity index is 0.00000132. The first kappa shape index (κ1) is 19.7. The number of nitrogens with one attached hydrogen (secondary N) is 2. The molecule has 0 atom stereocenters. The molecule has 3 heterocycles. The van der Waals surface area contributed by atoms with Crippen molar-refractivity contribution in [3.63, 3.8) is 0 Å². The molecule has 0 spiro atoms. The molecule has 0 aliphatic carbocycles. The van der Waals surface area contributed by atoms with E-state index >= 15 is 0 Å². The van der Waals surface area contributed by atoms with Crippen molar-refractivity contribution in [1.82, 2.24) is 25.4 Å². The Labute approximate surface area is 148 Å². The van der Waals surface area contributed by atoms with Crippen molar-refractivity contribution in [2.45, 2.75) is 26.8 Å². The average Bonchev–Trinajstić information content (AvgIpc) is 2.79. The highest BCUT2D eigenvalue weighted by molar-refractivity contribution is 6.05. The zero-order valence-corrected chi connectivity index (χ0v) is 15.1. The summed E-state index contributed by atoms with van der Waals surface area (Å²) in [6.07, 6.45) is 1.74. The van der Waals surface area contributed by atoms with Crippen molar-refractivity contribution in [2.24, 2.45) is 5.92 Å². The summed E-state index contributed by atoms with van der Waals surface area (Å²) in [6, 6.07) is 2.05. The molecular weight excluding hydrogens is 337 g/mol. The quantitative estimate of drug-likeness (QED) is 0.876. The highest BCUT2D eigenvalue weighted by Gasteiger charge is 2.20. The Kier molecular flexibility index (Phi) is 6.80. The third kappa shape index (κ3) is 3.94. The first-order valence-electron chi connectivity index (χ1n) is 7.40. The van der Waals surface area contributed by atoms with Crippen molar-refractivity contribution < 1.29 is 4.79 Å². The second kappa shape index (κ2) is 7.95. The summed E-state index contributed by atoms with van der Waals surface area (Å²) >= 11 is 0. The molecule has 1 aliphatic heterocycles. The Hall–Kier alpha value is -1.37. The van der Waals surface area contributed by atoms with Gasteiger partial charge < -0.3 is 10.6 Å². The van der Waals surface area contributed by atoms with E-state index in [-0.39, 0.29) is 36.8 Å². The van der Waals surface area contributed by atoms with Gasteiger partial charge in [0.15, 0.2) is 5.65 Å². The van der Waals surface area contributed by atoms with Crippen LogP contribution in [0.5, 0.6) is 0 Å². The predicted molar refractivity (Wildman–Crippen MR) is 95.8 cm³/mol. The monoisotopic (exact) mass is 359 g/mol. The van der Waals surface area contributed by atoms with Crippen molar-refractivity contribution >= 4 is 41.8 Å². The van der Waals surface area contributed by atoms with E-state index < -0.39 is 0 Å². The average molecular weight is 360 g/mol. The van der Waals surface area contributed by atoms with Gasteiger partial charge in [0.25, 0.3) is 5.91 Å². The highest BCUT2D eigenvalue weighted by atomic mass is 35.5. The van der Waals surface area contributed by atoms with E-state index in [1.165, 1.54) is 0 Å². The van der Waals surface area contributed by atoms with Crippen LogP contribution in [0.15, 0.2) is 12.3 Å². The van der Waals surface area contributed by atoms with E-state index in [1.807, 2.05) is 17.7 Å². The Morgan fingerprint density at radius 3 is 2.70 bits per heavy atom. The second-order valence-corrected chi connectivity index (χ2v) is 5.97. The number of halogens is 2. The number of amides is 1. The molecule has 0 bridgehead atoms. The molecule has 0 aromatic carbocycles. The van der Waals surface area contributed by atoms with Gasteiger partial charge in [0.05, 0.1) is 17.1 Å². The van der Waals surface area contributed by atoms with Crippen molar-refractivity contribution in [2.75, 3.05) is 19.6 Å². The van der Waals surface area contributed by atoms with Gasteiger partial charge in [-0.25, -0.2) is 9.67 Å². The number of hydrogen-bond donors (Lipinski definition) is 2. The third-order valence-corrected chi connectivity index (χ3v) is 3.85. The van der Waals surface area contributed by atoms with Gasteiger partial charge in [-0.2, -0.15) is 5.10 Å². The van der Waals surface area contributed by atoms with Crippen LogP contribution in [0.1, 0.15) is 35.9 Å². The van der Waals surface area contributed by atoms with E-state index in [0.29, 0.717) is 18.0 Å². The third-order valence-electron chi connectivity index (χ3n) is 3.85. The van der Waals surface area contributed by atoms with E-state index in [0.717, 1.165) is 29.8 Å². The molecule has 23 heavy (non-hydrogen) atoms. The minimum Gasteiger partial charge on any atom is -0.352 e. The van der Waals surface area contributed by atoms with Crippen LogP contribution >= 0.6 is 24.8 Å². The van der Waals surface area contributed by atoms with E-state index in [4.69, 9.17) is 0 Å². The van der Waals surface area contributed by atoms with Crippen molar-refractivity contribution in [3.8, 4) is 0 Å². The van der Waals surface area contributed by atoms with Gasteiger partial charge in [-0.05, 0) is 26.8 Å². The summed E-state index contributed by atoms with van der Waals surface area (Å²) in [5.41, 5.74) is 2.28. The number of pyridine rings is 1. The van der Waals surface area contributed by atoms with Crippen LogP contribution in [-0.4, -0.2) is 40.3 Å². The summed E-state index contributed by atoms with van der Waals surface area (Å²) < 4.78 is 1.86. The van der Waals surface area contributed by atoms with Crippen LogP contribution in [0, 0.1) is 12.8 Å². The van der Waals surface area contributed by atoms with Crippen LogP contribution in [0.25, 0.3) is 11.0 Å². The summed E-state index contributed by atoms with van der Waals surface area (Å²) in [7, 11) is 0. The molecule has 0 radical (unpaired) electrons. The van der Waals surface area contributed by atoms with Gasteiger partial charge in [0.1, 0.15) is 0 Å². The zero-order valence-electron chi connectivity index (χ0n) is 13.5. The molecule has 8 heteroatoms. The summed E-state index contributed by atoms with van der Waals surface area (Å²) in [4.78, 5) is 17.0. The number of hydrogen-bond acceptors (Lipinski definition) is 4. The van der Waals surface area contributed by atoms with Gasteiger partial charge in [0.2, 0.25) is 0 Å². The maximum Gasteiger partial charge on any atom is 0.252 e. The summed E-state index contributed by atoms with van der Waals surface area (Å²) in [6.45, 7) is 8.70. The maximum atomic E-state index is 12.4. The van der Waals surface area contributed by atoms with E-state index in [9.17, 15) is 4.79 Å². The van der Waals surface area contributed by atoms with E-state index in [2.05, 4.69) is 34.6 Å². The Morgan fingerprint density at radius 2 is 2.13 bits per heavy atom. The lowest BCUT2D eigenvalue weighted by atomic mass is 10.0. The smallest absolute Gasteiger partial charge is 0.252 e. The van der Waals surface area contributed by atoms with Crippen LogP contribution < -0.4 is 10.6 Å². The highest BCUT2D eigenvalue weighted by Crippen LogP contribution is 2.21. The number of carbonyl (C=O) groups is 1. The molecule has 6 nitrogen and oxygen atoms in total. The van der Waals surface area contributed by atoms with Gasteiger partial charge in [0, 0.05) is 37.3 Å². The fourth-order valence-electron chi connectivity index (χ4n) is 2.53. The molecule has 2 N–H and O–H groups in total. The largest absolute Gasteiger partial charge is 0.352 e. The normalized spacial score (nSPS) is 14.1. The fourth-order valence-corrected chi connectivity index (χ4v) is 2.53. The minimum atomic E-state index is -0.0410. The second-order valence-electron chi connectivity index (χ2n) is 5.97. The number of nitrogens with zero attached hydrogens (tertiary/aromatic N) is 3. The van der Waals surface area contributed by atoms with Crippen LogP contribution in [0.4, 0.5) is 0 Å². The molecule has 0 unspecified atom stereocenters. The minimum absolute atomic E-state index is 0. The molecule has 1 aliphatic rings. The van der Waals surface area contributed by atoms with Gasteiger partial charge >= 0.3 is 0 Å². The molecule has 2 aromatic rings. The molecule has 1 amide bonds. The number of fused-ring (bicyclic) bond motifs is 1. The predicted octanol–water partition coefficient (Wildman–Crippen LogP) is 2.11. The summed E-state index contributed by atoms with van der Waals surface area (Å²) in [5.74, 6) is 0.506. The lowest BCUT2D eigenvalue weighted by Crippen LogP contribution is -2.48. The number of rotatable bonds is 4. The number of aromatic nitrogens is 3. The van der Waals surface area contributed by atoms with Gasteiger partial charge in [-0.3, -0.25) is 4.79 Å². The van der Waals surface area contributed by atoms with Crippen molar-refractivity contribution in [3.05, 3.63) is 23.5 Å². The maximum absolute atomic E-state index is 12.4.